The maximum absolute atomic E-state index is 8.74. The summed E-state index contributed by atoms with van der Waals surface area (Å²) >= 11 is 0. The van der Waals surface area contributed by atoms with Crippen molar-refractivity contribution >= 4 is 0 Å². The molecule has 0 radical (unpaired) electrons. The highest BCUT2D eigenvalue weighted by molar-refractivity contribution is 4.97. The summed E-state index contributed by atoms with van der Waals surface area (Å²) in [4.78, 5) is 2.36. The molecule has 0 spiro atoms. The molecule has 0 bridgehead atoms. The maximum Gasteiger partial charge on any atom is 0.0651 e. The van der Waals surface area contributed by atoms with Crippen LogP contribution in [-0.4, -0.2) is 36.2 Å². The van der Waals surface area contributed by atoms with Crippen LogP contribution in [0.1, 0.15) is 19.3 Å². The van der Waals surface area contributed by atoms with Crippen molar-refractivity contribution in [2.45, 2.75) is 19.3 Å². The first-order valence-corrected chi connectivity index (χ1v) is 4.33. The molecule has 2 nitrogen and oxygen atoms in total. The standard InChI is InChI=1S/C9H17NO/c1-9(8-11)7-10-5-3-2-4-6-10/h11H,1-8H2. The number of rotatable bonds is 3. The summed E-state index contributed by atoms with van der Waals surface area (Å²) in [6, 6.07) is 0. The summed E-state index contributed by atoms with van der Waals surface area (Å²) in [7, 11) is 0. The summed E-state index contributed by atoms with van der Waals surface area (Å²) < 4.78 is 0. The Morgan fingerprint density at radius 3 is 2.45 bits per heavy atom. The van der Waals surface area contributed by atoms with Crippen molar-refractivity contribution in [3.63, 3.8) is 0 Å². The fourth-order valence-electron chi connectivity index (χ4n) is 1.48. The number of aliphatic hydroxyl groups is 1. The van der Waals surface area contributed by atoms with Crippen molar-refractivity contribution in [2.75, 3.05) is 26.2 Å². The smallest absolute Gasteiger partial charge is 0.0651 e. The Morgan fingerprint density at radius 2 is 1.91 bits per heavy atom. The van der Waals surface area contributed by atoms with Gasteiger partial charge in [-0.1, -0.05) is 13.0 Å². The molecule has 2 heteroatoms. The Balaban J connectivity index is 2.19. The van der Waals surface area contributed by atoms with Crippen LogP contribution in [0.4, 0.5) is 0 Å². The van der Waals surface area contributed by atoms with E-state index in [1.165, 1.54) is 32.4 Å². The lowest BCUT2D eigenvalue weighted by Gasteiger charge is -2.26. The molecule has 0 saturated carbocycles. The molecule has 1 rings (SSSR count). The molecule has 1 N–H and O–H groups in total. The van der Waals surface area contributed by atoms with Crippen LogP contribution in [0.25, 0.3) is 0 Å². The third-order valence-electron chi connectivity index (χ3n) is 2.12. The highest BCUT2D eigenvalue weighted by Gasteiger charge is 2.09. The summed E-state index contributed by atoms with van der Waals surface area (Å²) in [6.45, 7) is 7.16. The van der Waals surface area contributed by atoms with Gasteiger partial charge in [0, 0.05) is 6.54 Å². The average molecular weight is 155 g/mol. The second-order valence-electron chi connectivity index (χ2n) is 3.24. The second-order valence-corrected chi connectivity index (χ2v) is 3.24. The second kappa shape index (κ2) is 4.52. The third kappa shape index (κ3) is 3.04. The molecular formula is C9H17NO. The van der Waals surface area contributed by atoms with Gasteiger partial charge in [0.1, 0.15) is 0 Å². The molecule has 1 saturated heterocycles. The Kier molecular flexibility index (Phi) is 3.60. The quantitative estimate of drug-likeness (QED) is 0.615. The monoisotopic (exact) mass is 155 g/mol. The number of nitrogens with zero attached hydrogens (tertiary/aromatic N) is 1. The molecule has 0 aromatic rings. The molecule has 0 atom stereocenters. The van der Waals surface area contributed by atoms with Crippen molar-refractivity contribution < 1.29 is 5.11 Å². The highest BCUT2D eigenvalue weighted by atomic mass is 16.3. The zero-order valence-electron chi connectivity index (χ0n) is 7.05. The van der Waals surface area contributed by atoms with Crippen molar-refractivity contribution in [2.24, 2.45) is 0 Å². The molecule has 0 aromatic heterocycles. The van der Waals surface area contributed by atoms with Crippen molar-refractivity contribution in [1.29, 1.82) is 0 Å². The van der Waals surface area contributed by atoms with Crippen LogP contribution in [0.3, 0.4) is 0 Å². The van der Waals surface area contributed by atoms with Crippen LogP contribution in [0.5, 0.6) is 0 Å². The van der Waals surface area contributed by atoms with Crippen LogP contribution in [0.2, 0.25) is 0 Å². The van der Waals surface area contributed by atoms with Gasteiger partial charge in [0.15, 0.2) is 0 Å². The van der Waals surface area contributed by atoms with E-state index in [4.69, 9.17) is 5.11 Å². The molecule has 1 aliphatic heterocycles. The Labute approximate surface area is 68.5 Å². The minimum atomic E-state index is 0.135. The fourth-order valence-corrected chi connectivity index (χ4v) is 1.48. The van der Waals surface area contributed by atoms with E-state index in [2.05, 4.69) is 11.5 Å². The number of hydrogen-bond acceptors (Lipinski definition) is 2. The largest absolute Gasteiger partial charge is 0.392 e. The molecule has 0 unspecified atom stereocenters. The third-order valence-corrected chi connectivity index (χ3v) is 2.12. The lowest BCUT2D eigenvalue weighted by atomic mass is 10.1. The number of hydrogen-bond donors (Lipinski definition) is 1. The molecule has 1 aliphatic rings. The van der Waals surface area contributed by atoms with Gasteiger partial charge in [0.25, 0.3) is 0 Å². The van der Waals surface area contributed by atoms with Crippen LogP contribution >= 0.6 is 0 Å². The Bertz CT molecular complexity index is 128. The van der Waals surface area contributed by atoms with Gasteiger partial charge in [-0.2, -0.15) is 0 Å². The van der Waals surface area contributed by atoms with Gasteiger partial charge in [-0.15, -0.1) is 0 Å². The molecule has 11 heavy (non-hydrogen) atoms. The van der Waals surface area contributed by atoms with Gasteiger partial charge in [-0.3, -0.25) is 4.90 Å². The van der Waals surface area contributed by atoms with Crippen LogP contribution in [-0.2, 0) is 0 Å². The zero-order valence-corrected chi connectivity index (χ0v) is 7.05. The summed E-state index contributed by atoms with van der Waals surface area (Å²) in [5, 5.41) is 8.74. The molecule has 0 aromatic carbocycles. The molecule has 64 valence electrons. The first kappa shape index (κ1) is 8.75. The van der Waals surface area contributed by atoms with Crippen LogP contribution < -0.4 is 0 Å². The number of likely N-dealkylation sites (tertiary alicyclic amines) is 1. The molecule has 0 amide bonds. The maximum atomic E-state index is 8.74. The zero-order chi connectivity index (χ0) is 8.10. The predicted molar refractivity (Wildman–Crippen MR) is 46.5 cm³/mol. The van der Waals surface area contributed by atoms with Gasteiger partial charge >= 0.3 is 0 Å². The van der Waals surface area contributed by atoms with E-state index in [-0.39, 0.29) is 6.61 Å². The SMILES string of the molecule is C=C(CO)CN1CCCCC1. The molecular weight excluding hydrogens is 138 g/mol. The summed E-state index contributed by atoms with van der Waals surface area (Å²) in [5.41, 5.74) is 0.937. The Hall–Kier alpha value is -0.340. The summed E-state index contributed by atoms with van der Waals surface area (Å²) in [6.07, 6.45) is 3.97. The fraction of sp³-hybridized carbons (Fsp3) is 0.778. The van der Waals surface area contributed by atoms with E-state index in [0.717, 1.165) is 12.1 Å². The predicted octanol–water partition coefficient (Wildman–Crippen LogP) is 1.02. The average Bonchev–Trinajstić information content (AvgIpc) is 2.06. The van der Waals surface area contributed by atoms with Crippen molar-refractivity contribution in [3.8, 4) is 0 Å². The van der Waals surface area contributed by atoms with Crippen molar-refractivity contribution in [1.82, 2.24) is 4.90 Å². The topological polar surface area (TPSA) is 23.5 Å². The van der Waals surface area contributed by atoms with Gasteiger partial charge in [0.2, 0.25) is 0 Å². The number of piperidine rings is 1. The van der Waals surface area contributed by atoms with Gasteiger partial charge < -0.3 is 5.11 Å². The lowest BCUT2D eigenvalue weighted by molar-refractivity contribution is 0.232. The number of aliphatic hydroxyl groups excluding tert-OH is 1. The molecule has 0 aliphatic carbocycles. The van der Waals surface area contributed by atoms with Crippen LogP contribution in [0.15, 0.2) is 12.2 Å². The van der Waals surface area contributed by atoms with Gasteiger partial charge in [-0.05, 0) is 31.5 Å². The van der Waals surface area contributed by atoms with Gasteiger partial charge in [0.05, 0.1) is 6.61 Å². The highest BCUT2D eigenvalue weighted by Crippen LogP contribution is 2.09. The van der Waals surface area contributed by atoms with Crippen molar-refractivity contribution in [3.05, 3.63) is 12.2 Å². The van der Waals surface area contributed by atoms with E-state index in [1.54, 1.807) is 0 Å². The summed E-state index contributed by atoms with van der Waals surface area (Å²) in [5.74, 6) is 0. The van der Waals surface area contributed by atoms with E-state index in [0.29, 0.717) is 0 Å². The van der Waals surface area contributed by atoms with Crippen LogP contribution in [0, 0.1) is 0 Å². The van der Waals surface area contributed by atoms with E-state index in [9.17, 15) is 0 Å². The van der Waals surface area contributed by atoms with Gasteiger partial charge in [-0.25, -0.2) is 0 Å². The Morgan fingerprint density at radius 1 is 1.27 bits per heavy atom. The van der Waals surface area contributed by atoms with E-state index < -0.39 is 0 Å². The van der Waals surface area contributed by atoms with E-state index >= 15 is 0 Å². The molecule has 1 heterocycles. The lowest BCUT2D eigenvalue weighted by Crippen LogP contribution is -2.31. The van der Waals surface area contributed by atoms with E-state index in [1.807, 2.05) is 0 Å². The molecule has 1 fully saturated rings. The minimum absolute atomic E-state index is 0.135. The first-order chi connectivity index (χ1) is 5.33. The normalized spacial score (nSPS) is 20.1. The first-order valence-electron chi connectivity index (χ1n) is 4.33. The minimum Gasteiger partial charge on any atom is -0.392 e.